The molecular formula is C38H45BrN6O7. The van der Waals surface area contributed by atoms with Crippen molar-refractivity contribution in [2.45, 2.75) is 74.0 Å². The molecule has 1 spiro atoms. The molecule has 1 unspecified atom stereocenters. The Morgan fingerprint density at radius 3 is 2.60 bits per heavy atom. The van der Waals surface area contributed by atoms with E-state index in [9.17, 15) is 24.3 Å². The molecule has 3 aliphatic rings. The first-order valence-corrected chi connectivity index (χ1v) is 18.5. The van der Waals surface area contributed by atoms with Crippen molar-refractivity contribution < 1.29 is 33.8 Å². The average molecular weight is 778 g/mol. The summed E-state index contributed by atoms with van der Waals surface area (Å²) in [6.45, 7) is 9.47. The number of carbonyl (C=O) groups excluding carboxylic acids is 4. The van der Waals surface area contributed by atoms with E-state index in [0.717, 1.165) is 5.52 Å². The van der Waals surface area contributed by atoms with E-state index in [4.69, 9.17) is 9.47 Å². The Balaban J connectivity index is 1.33. The number of amides is 3. The molecule has 3 aromatic rings. The van der Waals surface area contributed by atoms with E-state index in [1.807, 2.05) is 61.5 Å². The van der Waals surface area contributed by atoms with Gasteiger partial charge in [0.15, 0.2) is 0 Å². The minimum Gasteiger partial charge on any atom is -0.455 e. The van der Waals surface area contributed by atoms with E-state index in [1.54, 1.807) is 33.7 Å². The number of hydrogen-bond donors (Lipinski definition) is 1. The Morgan fingerprint density at radius 1 is 1.15 bits per heavy atom. The number of likely N-dealkylation sites (tertiary alicyclic amines) is 1. The van der Waals surface area contributed by atoms with Crippen LogP contribution in [0.1, 0.15) is 44.3 Å². The van der Waals surface area contributed by atoms with Crippen molar-refractivity contribution in [2.75, 3.05) is 26.7 Å². The summed E-state index contributed by atoms with van der Waals surface area (Å²) in [5, 5.41) is 18.3. The third-order valence-electron chi connectivity index (χ3n) is 10.6. The zero-order valence-corrected chi connectivity index (χ0v) is 31.0. The van der Waals surface area contributed by atoms with Crippen molar-refractivity contribution in [3.8, 4) is 0 Å². The molecule has 0 radical (unpaired) electrons. The largest absolute Gasteiger partial charge is 0.455 e. The Labute approximate surface area is 311 Å². The van der Waals surface area contributed by atoms with Gasteiger partial charge in [0.1, 0.15) is 29.9 Å². The molecule has 1 N–H and O–H groups in total. The summed E-state index contributed by atoms with van der Waals surface area (Å²) in [4.78, 5) is 61.1. The van der Waals surface area contributed by atoms with Gasteiger partial charge in [0.05, 0.1) is 29.5 Å². The highest BCUT2D eigenvalue weighted by Crippen LogP contribution is 2.60. The van der Waals surface area contributed by atoms with E-state index < -0.39 is 59.5 Å². The predicted octanol–water partition coefficient (Wildman–Crippen LogP) is 3.63. The third-order valence-corrected chi connectivity index (χ3v) is 11.5. The summed E-state index contributed by atoms with van der Waals surface area (Å²) in [5.74, 6) is -3.61. The molecule has 3 saturated heterocycles. The molecule has 2 bridgehead atoms. The maximum atomic E-state index is 14.8. The number of rotatable bonds is 16. The van der Waals surface area contributed by atoms with Crippen LogP contribution in [0.25, 0.3) is 11.0 Å². The molecule has 1 aromatic heterocycles. The van der Waals surface area contributed by atoms with Crippen molar-refractivity contribution in [1.82, 2.24) is 29.7 Å². The van der Waals surface area contributed by atoms with Gasteiger partial charge in [0.2, 0.25) is 17.7 Å². The number of alkyl halides is 1. The number of allylic oxidation sites excluding steroid dienone is 1. The van der Waals surface area contributed by atoms with Crippen LogP contribution >= 0.6 is 15.9 Å². The summed E-state index contributed by atoms with van der Waals surface area (Å²) in [6.07, 6.45) is 2.99. The lowest BCUT2D eigenvalue weighted by atomic mass is 9.70. The van der Waals surface area contributed by atoms with Crippen molar-refractivity contribution in [1.29, 1.82) is 0 Å². The first-order chi connectivity index (χ1) is 25.1. The van der Waals surface area contributed by atoms with E-state index in [2.05, 4.69) is 39.4 Å². The van der Waals surface area contributed by atoms with Gasteiger partial charge in [-0.05, 0) is 43.9 Å². The fourth-order valence-corrected chi connectivity index (χ4v) is 8.96. The number of benzene rings is 2. The summed E-state index contributed by atoms with van der Waals surface area (Å²) in [6, 6.07) is 15.0. The number of hydrogen-bond acceptors (Lipinski definition) is 9. The Bertz CT molecular complexity index is 1820. The van der Waals surface area contributed by atoms with Gasteiger partial charge in [0.25, 0.3) is 0 Å². The number of aliphatic hydroxyl groups excluding tert-OH is 1. The van der Waals surface area contributed by atoms with Gasteiger partial charge < -0.3 is 29.3 Å². The zero-order chi connectivity index (χ0) is 37.2. The lowest BCUT2D eigenvalue weighted by molar-refractivity contribution is -0.164. The van der Waals surface area contributed by atoms with Crippen molar-refractivity contribution in [3.63, 3.8) is 0 Å². The maximum Gasteiger partial charge on any atom is 0.313 e. The number of fused-ring (bicyclic) bond motifs is 2. The fraction of sp³-hybridized carbons (Fsp3) is 0.474. The Kier molecular flexibility index (Phi) is 11.3. The zero-order valence-electron chi connectivity index (χ0n) is 29.4. The Hall–Kier alpha value is -4.40. The summed E-state index contributed by atoms with van der Waals surface area (Å²) >= 11 is 3.73. The lowest BCUT2D eigenvalue weighted by Crippen LogP contribution is -2.57. The van der Waals surface area contributed by atoms with Crippen LogP contribution in [0, 0.1) is 11.8 Å². The maximum absolute atomic E-state index is 14.8. The van der Waals surface area contributed by atoms with Crippen molar-refractivity contribution in [3.05, 3.63) is 85.5 Å². The minimum atomic E-state index is -1.35. The van der Waals surface area contributed by atoms with Gasteiger partial charge in [-0.25, -0.2) is 4.68 Å². The average Bonchev–Trinajstić information content (AvgIpc) is 3.88. The van der Waals surface area contributed by atoms with Crippen LogP contribution in [0.3, 0.4) is 0 Å². The van der Waals surface area contributed by atoms with Crippen LogP contribution in [-0.4, -0.2) is 114 Å². The summed E-state index contributed by atoms with van der Waals surface area (Å²) in [7, 11) is 1.68. The van der Waals surface area contributed by atoms with Gasteiger partial charge in [-0.1, -0.05) is 75.8 Å². The molecule has 0 aliphatic carbocycles. The Morgan fingerprint density at radius 2 is 1.88 bits per heavy atom. The van der Waals surface area contributed by atoms with Gasteiger partial charge >= 0.3 is 5.97 Å². The highest BCUT2D eigenvalue weighted by molar-refractivity contribution is 9.09. The standard InChI is InChI=1S/C38H45BrN6O7/c1-5-7-18-29(47)42(4)24(3)32(25-14-9-8-10-15-25)51-37(50)30-31-35(48)44(20-13-21-46)34(38(31)22-26(39)33(30)52-38)36(49)43(19-6-2)23-45-28-17-12-11-16-27(28)40-41-45/h5-6,8-12,14-17,24,26,30-34,46H,1-2,7,13,18-23H2,3-4H3/t24-,26?,30+,31-,32+,33+,34+,38-/m1/s1. The molecule has 3 aliphatic heterocycles. The molecule has 276 valence electrons. The molecule has 6 rings (SSSR count). The molecule has 4 heterocycles. The number of likely N-dealkylation sites (N-methyl/N-ethyl adjacent to an activating group) is 1. The summed E-state index contributed by atoms with van der Waals surface area (Å²) in [5.41, 5.74) is 0.750. The van der Waals surface area contributed by atoms with E-state index in [0.29, 0.717) is 23.9 Å². The number of esters is 1. The number of nitrogens with zero attached hydrogens (tertiary/aromatic N) is 6. The second kappa shape index (κ2) is 15.7. The van der Waals surface area contributed by atoms with Crippen molar-refractivity contribution >= 4 is 50.7 Å². The first-order valence-electron chi connectivity index (χ1n) is 17.6. The second-order valence-corrected chi connectivity index (χ2v) is 14.9. The van der Waals surface area contributed by atoms with Crippen LogP contribution in [0.4, 0.5) is 0 Å². The molecule has 52 heavy (non-hydrogen) atoms. The molecule has 0 saturated carbocycles. The fourth-order valence-electron chi connectivity index (χ4n) is 8.01. The van der Waals surface area contributed by atoms with Crippen LogP contribution < -0.4 is 0 Å². The molecule has 3 amide bonds. The van der Waals surface area contributed by atoms with Gasteiger partial charge in [0, 0.05) is 38.0 Å². The third kappa shape index (κ3) is 6.67. The number of carbonyl (C=O) groups is 4. The molecule has 3 fully saturated rings. The van der Waals surface area contributed by atoms with Crippen LogP contribution in [0.5, 0.6) is 0 Å². The number of halogens is 1. The van der Waals surface area contributed by atoms with E-state index in [1.165, 1.54) is 4.90 Å². The van der Waals surface area contributed by atoms with Crippen LogP contribution in [0.2, 0.25) is 0 Å². The normalized spacial score (nSPS) is 25.8. The number of aromatic nitrogens is 3. The van der Waals surface area contributed by atoms with Crippen molar-refractivity contribution in [2.24, 2.45) is 11.8 Å². The SMILES string of the molecule is C=CCCC(=O)N(C)[C@H](C)[C@H](OC(=O)[C@@H]1[C@H]2O[C@@]3(CC2Br)[C@H](C(=O)N(CC=C)Cn2nnc4ccccc42)N(CCCO)C(=O)[C@@H]13)c1ccccc1. The second-order valence-electron chi connectivity index (χ2n) is 13.7. The van der Waals surface area contributed by atoms with E-state index >= 15 is 0 Å². The van der Waals surface area contributed by atoms with Crippen LogP contribution in [0.15, 0.2) is 79.9 Å². The van der Waals surface area contributed by atoms with Gasteiger partial charge in [-0.3, -0.25) is 19.2 Å². The topological polar surface area (TPSA) is 147 Å². The summed E-state index contributed by atoms with van der Waals surface area (Å²) < 4.78 is 14.6. The number of aliphatic hydroxyl groups is 1. The predicted molar refractivity (Wildman–Crippen MR) is 195 cm³/mol. The highest BCUT2D eigenvalue weighted by Gasteiger charge is 2.77. The van der Waals surface area contributed by atoms with Gasteiger partial charge in [-0.15, -0.1) is 18.3 Å². The number of para-hydroxylation sites is 1. The molecule has 14 heteroatoms. The highest BCUT2D eigenvalue weighted by atomic mass is 79.9. The minimum absolute atomic E-state index is 0.0347. The molecule has 8 atom stereocenters. The lowest BCUT2D eigenvalue weighted by Gasteiger charge is -2.37. The smallest absolute Gasteiger partial charge is 0.313 e. The molecule has 13 nitrogen and oxygen atoms in total. The van der Waals surface area contributed by atoms with Crippen LogP contribution in [-0.2, 0) is 35.3 Å². The van der Waals surface area contributed by atoms with Gasteiger partial charge in [-0.2, -0.15) is 0 Å². The molecular weight excluding hydrogens is 732 g/mol. The number of ether oxygens (including phenoxy) is 2. The molecule has 2 aromatic carbocycles. The monoisotopic (exact) mass is 776 g/mol. The van der Waals surface area contributed by atoms with E-state index in [-0.39, 0.29) is 49.9 Å². The quantitative estimate of drug-likeness (QED) is 0.131. The first kappa shape index (κ1) is 37.4.